The van der Waals surface area contributed by atoms with Crippen molar-refractivity contribution in [2.45, 2.75) is 44.8 Å². The number of rotatable bonds is 5. The molecule has 0 aliphatic heterocycles. The highest BCUT2D eigenvalue weighted by molar-refractivity contribution is 5.39. The number of benzene rings is 1. The van der Waals surface area contributed by atoms with Gasteiger partial charge >= 0.3 is 0 Å². The number of fused-ring (bicyclic) bond motifs is 1. The Labute approximate surface area is 121 Å². The molecular weight excluding hydrogens is 250 g/mol. The first-order valence-corrected chi connectivity index (χ1v) is 7.81. The predicted molar refractivity (Wildman–Crippen MR) is 80.0 cm³/mol. The summed E-state index contributed by atoms with van der Waals surface area (Å²) < 4.78 is 5.28. The normalized spacial score (nSPS) is 25.6. The van der Waals surface area contributed by atoms with Gasteiger partial charge < -0.3 is 9.84 Å². The van der Waals surface area contributed by atoms with Gasteiger partial charge in [0.15, 0.2) is 0 Å². The predicted octanol–water partition coefficient (Wildman–Crippen LogP) is 2.78. The van der Waals surface area contributed by atoms with Crippen molar-refractivity contribution < 1.29 is 9.84 Å². The molecule has 0 saturated heterocycles. The molecule has 0 amide bonds. The minimum atomic E-state index is -0.358. The average Bonchev–Trinajstić information content (AvgIpc) is 3.29. The fourth-order valence-corrected chi connectivity index (χ4v) is 3.40. The Bertz CT molecular complexity index is 470. The van der Waals surface area contributed by atoms with Crippen molar-refractivity contribution in [2.24, 2.45) is 5.92 Å². The maximum Gasteiger partial charge on any atom is 0.119 e. The second-order valence-electron chi connectivity index (χ2n) is 6.15. The topological polar surface area (TPSA) is 32.7 Å². The van der Waals surface area contributed by atoms with E-state index in [1.165, 1.54) is 18.4 Å². The van der Waals surface area contributed by atoms with Gasteiger partial charge in [-0.1, -0.05) is 13.0 Å². The van der Waals surface area contributed by atoms with E-state index in [1.54, 1.807) is 7.11 Å². The molecule has 0 radical (unpaired) electrons. The van der Waals surface area contributed by atoms with Gasteiger partial charge in [0.05, 0.1) is 13.2 Å². The van der Waals surface area contributed by atoms with Crippen LogP contribution in [0, 0.1) is 5.92 Å². The van der Waals surface area contributed by atoms with Crippen LogP contribution in [0.25, 0.3) is 0 Å². The van der Waals surface area contributed by atoms with E-state index in [-0.39, 0.29) is 12.1 Å². The molecule has 2 aliphatic rings. The van der Waals surface area contributed by atoms with Crippen molar-refractivity contribution in [1.82, 2.24) is 4.90 Å². The number of hydrogen-bond donors (Lipinski definition) is 1. The second-order valence-corrected chi connectivity index (χ2v) is 6.15. The molecule has 3 rings (SSSR count). The van der Waals surface area contributed by atoms with Crippen molar-refractivity contribution in [3.63, 3.8) is 0 Å². The van der Waals surface area contributed by atoms with Crippen LogP contribution >= 0.6 is 0 Å². The van der Waals surface area contributed by atoms with Crippen LogP contribution in [0.2, 0.25) is 0 Å². The molecule has 110 valence electrons. The molecular formula is C17H25NO2. The van der Waals surface area contributed by atoms with E-state index < -0.39 is 0 Å². The lowest BCUT2D eigenvalue weighted by Crippen LogP contribution is -2.43. The van der Waals surface area contributed by atoms with Gasteiger partial charge in [0, 0.05) is 12.6 Å². The minimum absolute atomic E-state index is 0.279. The zero-order valence-corrected chi connectivity index (χ0v) is 12.5. The molecule has 1 aromatic carbocycles. The lowest BCUT2D eigenvalue weighted by atomic mass is 9.84. The summed E-state index contributed by atoms with van der Waals surface area (Å²) >= 11 is 0. The number of ether oxygens (including phenoxy) is 1. The molecule has 3 nitrogen and oxygen atoms in total. The summed E-state index contributed by atoms with van der Waals surface area (Å²) in [5.74, 6) is 1.76. The monoisotopic (exact) mass is 275 g/mol. The lowest BCUT2D eigenvalue weighted by molar-refractivity contribution is 0.0361. The van der Waals surface area contributed by atoms with Crippen molar-refractivity contribution >= 4 is 0 Å². The molecule has 1 aromatic rings. The van der Waals surface area contributed by atoms with Crippen LogP contribution in [0.15, 0.2) is 18.2 Å². The Kier molecular flexibility index (Phi) is 3.99. The molecule has 2 unspecified atom stereocenters. The molecule has 0 heterocycles. The highest BCUT2D eigenvalue weighted by atomic mass is 16.5. The summed E-state index contributed by atoms with van der Waals surface area (Å²) in [5, 5.41) is 10.7. The van der Waals surface area contributed by atoms with Gasteiger partial charge in [-0.2, -0.15) is 0 Å². The van der Waals surface area contributed by atoms with Gasteiger partial charge in [-0.15, -0.1) is 0 Å². The SMILES string of the molecule is CCN(CC1CC1)C1CCc2cc(OC)ccc2C1O. The molecule has 1 fully saturated rings. The lowest BCUT2D eigenvalue weighted by Gasteiger charge is -2.38. The maximum absolute atomic E-state index is 10.7. The number of aliphatic hydroxyl groups is 1. The van der Waals surface area contributed by atoms with Crippen LogP contribution in [0.4, 0.5) is 0 Å². The Morgan fingerprint density at radius 3 is 2.75 bits per heavy atom. The number of hydrogen-bond acceptors (Lipinski definition) is 3. The van der Waals surface area contributed by atoms with Crippen molar-refractivity contribution in [3.8, 4) is 5.75 Å². The van der Waals surface area contributed by atoms with Crippen LogP contribution in [-0.2, 0) is 6.42 Å². The van der Waals surface area contributed by atoms with E-state index >= 15 is 0 Å². The number of aryl methyl sites for hydroxylation is 1. The molecule has 0 spiro atoms. The van der Waals surface area contributed by atoms with Crippen LogP contribution in [0.5, 0.6) is 5.75 Å². The van der Waals surface area contributed by atoms with Crippen LogP contribution in [-0.4, -0.2) is 36.2 Å². The van der Waals surface area contributed by atoms with Crippen LogP contribution in [0.1, 0.15) is 43.4 Å². The van der Waals surface area contributed by atoms with Gasteiger partial charge in [0.25, 0.3) is 0 Å². The van der Waals surface area contributed by atoms with Gasteiger partial charge in [-0.25, -0.2) is 0 Å². The summed E-state index contributed by atoms with van der Waals surface area (Å²) in [6, 6.07) is 6.35. The Hall–Kier alpha value is -1.06. The number of likely N-dealkylation sites (N-methyl/N-ethyl adjacent to an activating group) is 1. The molecule has 20 heavy (non-hydrogen) atoms. The molecule has 3 heteroatoms. The van der Waals surface area contributed by atoms with E-state index in [4.69, 9.17) is 4.74 Å². The van der Waals surface area contributed by atoms with E-state index in [0.717, 1.165) is 43.2 Å². The quantitative estimate of drug-likeness (QED) is 0.897. The first-order valence-electron chi connectivity index (χ1n) is 7.81. The second kappa shape index (κ2) is 5.74. The third kappa shape index (κ3) is 2.70. The smallest absolute Gasteiger partial charge is 0.119 e. The van der Waals surface area contributed by atoms with E-state index in [2.05, 4.69) is 17.9 Å². The van der Waals surface area contributed by atoms with Gasteiger partial charge in [-0.3, -0.25) is 4.90 Å². The summed E-state index contributed by atoms with van der Waals surface area (Å²) in [7, 11) is 1.69. The minimum Gasteiger partial charge on any atom is -0.497 e. The van der Waals surface area contributed by atoms with E-state index in [0.29, 0.717) is 0 Å². The Balaban J connectivity index is 1.78. The highest BCUT2D eigenvalue weighted by Gasteiger charge is 2.34. The van der Waals surface area contributed by atoms with Crippen LogP contribution < -0.4 is 4.74 Å². The summed E-state index contributed by atoms with van der Waals surface area (Å²) in [4.78, 5) is 2.48. The van der Waals surface area contributed by atoms with Crippen molar-refractivity contribution in [3.05, 3.63) is 29.3 Å². The molecule has 2 aliphatic carbocycles. The first kappa shape index (κ1) is 13.9. The number of methoxy groups -OCH3 is 1. The maximum atomic E-state index is 10.7. The zero-order valence-electron chi connectivity index (χ0n) is 12.5. The molecule has 0 aromatic heterocycles. The fourth-order valence-electron chi connectivity index (χ4n) is 3.40. The molecule has 1 N–H and O–H groups in total. The summed E-state index contributed by atoms with van der Waals surface area (Å²) in [6.45, 7) is 4.39. The standard InChI is InChI=1S/C17H25NO2/c1-3-18(11-12-4-5-12)16-9-6-13-10-14(20-2)7-8-15(13)17(16)19/h7-8,10,12,16-17,19H,3-6,9,11H2,1-2H3. The van der Waals surface area contributed by atoms with Crippen LogP contribution in [0.3, 0.4) is 0 Å². The molecule has 2 atom stereocenters. The molecule has 0 bridgehead atoms. The highest BCUT2D eigenvalue weighted by Crippen LogP contribution is 2.37. The number of nitrogens with zero attached hydrogens (tertiary/aromatic N) is 1. The largest absolute Gasteiger partial charge is 0.497 e. The zero-order chi connectivity index (χ0) is 14.1. The van der Waals surface area contributed by atoms with Crippen molar-refractivity contribution in [1.29, 1.82) is 0 Å². The third-order valence-electron chi connectivity index (χ3n) is 4.81. The van der Waals surface area contributed by atoms with Crippen molar-refractivity contribution in [2.75, 3.05) is 20.2 Å². The molecule has 1 saturated carbocycles. The first-order chi connectivity index (χ1) is 9.72. The van der Waals surface area contributed by atoms with E-state index in [9.17, 15) is 5.11 Å². The van der Waals surface area contributed by atoms with E-state index in [1.807, 2.05) is 12.1 Å². The van der Waals surface area contributed by atoms with Gasteiger partial charge in [0.1, 0.15) is 5.75 Å². The Morgan fingerprint density at radius 2 is 2.10 bits per heavy atom. The average molecular weight is 275 g/mol. The number of aliphatic hydroxyl groups excluding tert-OH is 1. The van der Waals surface area contributed by atoms with Gasteiger partial charge in [-0.05, 0) is 61.4 Å². The summed E-state index contributed by atoms with van der Waals surface area (Å²) in [5.41, 5.74) is 2.34. The fraction of sp³-hybridized carbons (Fsp3) is 0.647. The Morgan fingerprint density at radius 1 is 1.30 bits per heavy atom. The van der Waals surface area contributed by atoms with Gasteiger partial charge in [0.2, 0.25) is 0 Å². The summed E-state index contributed by atoms with van der Waals surface area (Å²) in [6.07, 6.45) is 4.46. The third-order valence-corrected chi connectivity index (χ3v) is 4.81.